The summed E-state index contributed by atoms with van der Waals surface area (Å²) in [6.07, 6.45) is 0.255. The Morgan fingerprint density at radius 2 is 1.77 bits per heavy atom. The molecule has 0 unspecified atom stereocenters. The Morgan fingerprint density at radius 1 is 1.19 bits per heavy atom. The van der Waals surface area contributed by atoms with Crippen LogP contribution < -0.4 is 4.74 Å². The smallest absolute Gasteiger partial charge is 0.341 e. The van der Waals surface area contributed by atoms with E-state index in [2.05, 4.69) is 0 Å². The number of benzene rings is 1. The highest BCUT2D eigenvalue weighted by atomic mass is 35.5. The van der Waals surface area contributed by atoms with Gasteiger partial charge in [-0.3, -0.25) is 0 Å². The highest BCUT2D eigenvalue weighted by Crippen LogP contribution is 2.44. The van der Waals surface area contributed by atoms with Crippen molar-refractivity contribution in [3.63, 3.8) is 0 Å². The molecule has 1 aliphatic carbocycles. The Balaban J connectivity index is 2.07. The van der Waals surface area contributed by atoms with Crippen molar-refractivity contribution in [3.8, 4) is 5.75 Å². The molecule has 0 spiro atoms. The SMILES string of the molecule is CC1(COc2cc(F)c(C(=O)OC(C)(C)C)cc2Cl)CCC(F)(F)CC1. The van der Waals surface area contributed by atoms with Crippen LogP contribution in [0.25, 0.3) is 0 Å². The third kappa shape index (κ3) is 5.53. The van der Waals surface area contributed by atoms with Gasteiger partial charge in [0, 0.05) is 24.3 Å². The lowest BCUT2D eigenvalue weighted by atomic mass is 9.75. The average molecular weight is 393 g/mol. The van der Waals surface area contributed by atoms with E-state index in [1.807, 2.05) is 6.92 Å². The predicted molar refractivity (Wildman–Crippen MR) is 93.6 cm³/mol. The van der Waals surface area contributed by atoms with Crippen LogP contribution >= 0.6 is 11.6 Å². The van der Waals surface area contributed by atoms with Gasteiger partial charge in [-0.2, -0.15) is 0 Å². The van der Waals surface area contributed by atoms with Crippen molar-refractivity contribution in [1.82, 2.24) is 0 Å². The molecule has 0 heterocycles. The maximum atomic E-state index is 14.3. The Bertz CT molecular complexity index is 673. The van der Waals surface area contributed by atoms with E-state index in [1.165, 1.54) is 0 Å². The van der Waals surface area contributed by atoms with Crippen molar-refractivity contribution in [2.45, 2.75) is 64.9 Å². The van der Waals surface area contributed by atoms with Crippen molar-refractivity contribution >= 4 is 17.6 Å². The summed E-state index contributed by atoms with van der Waals surface area (Å²) in [4.78, 5) is 12.0. The molecule has 26 heavy (non-hydrogen) atoms. The topological polar surface area (TPSA) is 35.5 Å². The Labute approximate surface area is 156 Å². The molecule has 0 atom stereocenters. The Morgan fingerprint density at radius 3 is 2.31 bits per heavy atom. The molecular weight excluding hydrogens is 369 g/mol. The molecule has 1 aliphatic rings. The van der Waals surface area contributed by atoms with E-state index in [0.717, 1.165) is 12.1 Å². The van der Waals surface area contributed by atoms with Gasteiger partial charge in [0.15, 0.2) is 0 Å². The maximum absolute atomic E-state index is 14.3. The number of esters is 1. The summed E-state index contributed by atoms with van der Waals surface area (Å²) < 4.78 is 51.6. The third-order valence-electron chi connectivity index (χ3n) is 4.41. The van der Waals surface area contributed by atoms with Gasteiger partial charge >= 0.3 is 5.97 Å². The standard InChI is InChI=1S/C19H24ClF3O3/c1-17(2,3)26-16(24)12-9-13(20)15(10-14(12)21)25-11-18(4)5-7-19(22,23)8-6-18/h9-10H,5-8,11H2,1-4H3. The first kappa shape index (κ1) is 20.9. The lowest BCUT2D eigenvalue weighted by Gasteiger charge is -2.36. The summed E-state index contributed by atoms with van der Waals surface area (Å²) >= 11 is 6.11. The van der Waals surface area contributed by atoms with Gasteiger partial charge in [-0.1, -0.05) is 18.5 Å². The second-order valence-corrected chi connectivity index (χ2v) is 8.63. The van der Waals surface area contributed by atoms with Crippen LogP contribution in [0.2, 0.25) is 5.02 Å². The first-order valence-corrected chi connectivity index (χ1v) is 8.91. The third-order valence-corrected chi connectivity index (χ3v) is 4.70. The molecule has 0 aliphatic heterocycles. The fraction of sp³-hybridized carbons (Fsp3) is 0.632. The van der Waals surface area contributed by atoms with Crippen LogP contribution in [0.1, 0.15) is 63.7 Å². The summed E-state index contributed by atoms with van der Waals surface area (Å²) in [7, 11) is 0. The monoisotopic (exact) mass is 392 g/mol. The van der Waals surface area contributed by atoms with E-state index >= 15 is 0 Å². The summed E-state index contributed by atoms with van der Waals surface area (Å²) in [5.74, 6) is -4.17. The van der Waals surface area contributed by atoms with E-state index in [4.69, 9.17) is 21.1 Å². The summed E-state index contributed by atoms with van der Waals surface area (Å²) in [6, 6.07) is 2.19. The van der Waals surface area contributed by atoms with E-state index in [0.29, 0.717) is 12.8 Å². The number of hydrogen-bond donors (Lipinski definition) is 0. The molecule has 1 aromatic rings. The van der Waals surface area contributed by atoms with E-state index in [-0.39, 0.29) is 35.8 Å². The normalized spacial score (nSPS) is 19.1. The fourth-order valence-corrected chi connectivity index (χ4v) is 2.96. The molecule has 1 fully saturated rings. The van der Waals surface area contributed by atoms with E-state index in [9.17, 15) is 18.0 Å². The van der Waals surface area contributed by atoms with Crippen molar-refractivity contribution in [1.29, 1.82) is 0 Å². The highest BCUT2D eigenvalue weighted by molar-refractivity contribution is 6.32. The zero-order valence-electron chi connectivity index (χ0n) is 15.4. The predicted octanol–water partition coefficient (Wildman–Crippen LogP) is 6.03. The van der Waals surface area contributed by atoms with Crippen molar-refractivity contribution in [2.24, 2.45) is 5.41 Å². The molecule has 7 heteroatoms. The molecule has 0 saturated heterocycles. The number of hydrogen-bond acceptors (Lipinski definition) is 3. The zero-order valence-corrected chi connectivity index (χ0v) is 16.2. The minimum Gasteiger partial charge on any atom is -0.491 e. The van der Waals surface area contributed by atoms with Crippen molar-refractivity contribution < 1.29 is 27.4 Å². The van der Waals surface area contributed by atoms with Gasteiger partial charge in [0.1, 0.15) is 17.2 Å². The van der Waals surface area contributed by atoms with Crippen LogP contribution in [0.5, 0.6) is 5.75 Å². The van der Waals surface area contributed by atoms with Gasteiger partial charge in [0.05, 0.1) is 17.2 Å². The van der Waals surface area contributed by atoms with Gasteiger partial charge in [-0.25, -0.2) is 18.0 Å². The lowest BCUT2D eigenvalue weighted by molar-refractivity contribution is -0.0711. The van der Waals surface area contributed by atoms with Crippen LogP contribution in [0, 0.1) is 11.2 Å². The molecule has 1 aromatic carbocycles. The molecule has 0 amide bonds. The minimum absolute atomic E-state index is 0.0667. The summed E-state index contributed by atoms with van der Waals surface area (Å²) in [6.45, 7) is 7.04. The molecular formula is C19H24ClF3O3. The number of ether oxygens (including phenoxy) is 2. The first-order chi connectivity index (χ1) is 11.8. The molecule has 0 bridgehead atoms. The maximum Gasteiger partial charge on any atom is 0.341 e. The lowest BCUT2D eigenvalue weighted by Crippen LogP contribution is -2.35. The minimum atomic E-state index is -2.63. The Kier molecular flexibility index (Phi) is 5.86. The van der Waals surface area contributed by atoms with Crippen molar-refractivity contribution in [3.05, 3.63) is 28.5 Å². The largest absolute Gasteiger partial charge is 0.491 e. The molecule has 2 rings (SSSR count). The summed E-state index contributed by atoms with van der Waals surface area (Å²) in [5.41, 5.74) is -1.46. The fourth-order valence-electron chi connectivity index (χ4n) is 2.74. The van der Waals surface area contributed by atoms with Crippen LogP contribution in [0.15, 0.2) is 12.1 Å². The number of carbonyl (C=O) groups is 1. The van der Waals surface area contributed by atoms with Crippen LogP contribution in [-0.2, 0) is 4.74 Å². The second-order valence-electron chi connectivity index (χ2n) is 8.22. The summed E-state index contributed by atoms with van der Waals surface area (Å²) in [5, 5.41) is 0.0667. The molecule has 0 radical (unpaired) electrons. The molecule has 0 aromatic heterocycles. The highest BCUT2D eigenvalue weighted by Gasteiger charge is 2.41. The van der Waals surface area contributed by atoms with Crippen LogP contribution in [-0.4, -0.2) is 24.1 Å². The first-order valence-electron chi connectivity index (χ1n) is 8.53. The van der Waals surface area contributed by atoms with Gasteiger partial charge in [0.25, 0.3) is 0 Å². The van der Waals surface area contributed by atoms with Gasteiger partial charge < -0.3 is 9.47 Å². The molecule has 1 saturated carbocycles. The quantitative estimate of drug-likeness (QED) is 0.587. The number of carbonyl (C=O) groups excluding carboxylic acids is 1. The van der Waals surface area contributed by atoms with Gasteiger partial charge in [-0.05, 0) is 39.7 Å². The number of halogens is 4. The van der Waals surface area contributed by atoms with Crippen molar-refractivity contribution in [2.75, 3.05) is 6.61 Å². The van der Waals surface area contributed by atoms with Gasteiger partial charge in [0.2, 0.25) is 5.92 Å². The molecule has 3 nitrogen and oxygen atoms in total. The molecule has 146 valence electrons. The van der Waals surface area contributed by atoms with Crippen LogP contribution in [0.3, 0.4) is 0 Å². The number of alkyl halides is 2. The van der Waals surface area contributed by atoms with E-state index < -0.39 is 28.7 Å². The second kappa shape index (κ2) is 7.29. The zero-order chi connectivity index (χ0) is 19.8. The van der Waals surface area contributed by atoms with Gasteiger partial charge in [-0.15, -0.1) is 0 Å². The Hall–Kier alpha value is -1.43. The number of rotatable bonds is 4. The van der Waals surface area contributed by atoms with E-state index in [1.54, 1.807) is 20.8 Å². The average Bonchev–Trinajstić information content (AvgIpc) is 2.49. The van der Waals surface area contributed by atoms with Crippen LogP contribution in [0.4, 0.5) is 13.2 Å². The molecule has 0 N–H and O–H groups in total.